The Kier molecular flexibility index (Phi) is 5.13. The highest BCUT2D eigenvalue weighted by molar-refractivity contribution is 7.11. The van der Waals surface area contributed by atoms with Gasteiger partial charge in [-0.2, -0.15) is 5.26 Å². The van der Waals surface area contributed by atoms with Crippen LogP contribution in [0, 0.1) is 11.3 Å². The number of anilines is 1. The maximum absolute atomic E-state index is 9.53. The van der Waals surface area contributed by atoms with E-state index in [0.717, 1.165) is 28.4 Å². The second kappa shape index (κ2) is 8.03. The lowest BCUT2D eigenvalue weighted by Gasteiger charge is -2.05. The van der Waals surface area contributed by atoms with E-state index in [0.29, 0.717) is 22.9 Å². The molecule has 3 aromatic rings. The van der Waals surface area contributed by atoms with E-state index in [1.54, 1.807) is 6.20 Å². The summed E-state index contributed by atoms with van der Waals surface area (Å²) in [7, 11) is 0. The Hall–Kier alpha value is -3.50. The van der Waals surface area contributed by atoms with Gasteiger partial charge >= 0.3 is 0 Å². The molecule has 0 spiro atoms. The lowest BCUT2D eigenvalue weighted by molar-refractivity contribution is 0.174. The van der Waals surface area contributed by atoms with Crippen molar-refractivity contribution in [1.29, 1.82) is 5.26 Å². The molecule has 1 aliphatic rings. The van der Waals surface area contributed by atoms with Gasteiger partial charge in [-0.05, 0) is 49.4 Å². The van der Waals surface area contributed by atoms with Gasteiger partial charge in [0.15, 0.2) is 11.5 Å². The standard InChI is InChI=1S/C21H17N3O3S/c1-2-25-17-6-4-16(5-7-17)23-11-15(10-22)21-24-18(12-28-21)14-3-8-19-20(9-14)27-13-26-19/h3-9,11-12,23H,2,13H2,1H3/b15-11+. The van der Waals surface area contributed by atoms with Crippen LogP contribution >= 0.6 is 11.3 Å². The maximum atomic E-state index is 9.53. The lowest BCUT2D eigenvalue weighted by atomic mass is 10.1. The molecule has 0 saturated carbocycles. The summed E-state index contributed by atoms with van der Waals surface area (Å²) in [4.78, 5) is 4.60. The number of aromatic nitrogens is 1. The number of ether oxygens (including phenoxy) is 3. The minimum atomic E-state index is 0.236. The Bertz CT molecular complexity index is 1050. The van der Waals surface area contributed by atoms with Gasteiger partial charge in [0.05, 0.1) is 12.3 Å². The Morgan fingerprint density at radius 3 is 2.86 bits per heavy atom. The van der Waals surface area contributed by atoms with Crippen LogP contribution in [0.2, 0.25) is 0 Å². The summed E-state index contributed by atoms with van der Waals surface area (Å²) in [5.74, 6) is 2.25. The Morgan fingerprint density at radius 2 is 2.07 bits per heavy atom. The molecule has 0 saturated heterocycles. The van der Waals surface area contributed by atoms with Crippen LogP contribution in [-0.4, -0.2) is 18.4 Å². The fourth-order valence-electron chi connectivity index (χ4n) is 2.70. The summed E-state index contributed by atoms with van der Waals surface area (Å²) in [6, 6.07) is 15.5. The van der Waals surface area contributed by atoms with Gasteiger partial charge in [0, 0.05) is 22.8 Å². The molecule has 4 rings (SSSR count). The zero-order valence-electron chi connectivity index (χ0n) is 15.1. The first-order valence-electron chi connectivity index (χ1n) is 8.72. The molecule has 2 aromatic carbocycles. The molecule has 0 bridgehead atoms. The quantitative estimate of drug-likeness (QED) is 0.602. The Balaban J connectivity index is 1.51. The van der Waals surface area contributed by atoms with Crippen LogP contribution in [0.15, 0.2) is 54.0 Å². The summed E-state index contributed by atoms with van der Waals surface area (Å²) in [6.07, 6.45) is 1.66. The molecule has 7 heteroatoms. The van der Waals surface area contributed by atoms with E-state index in [1.807, 2.05) is 54.8 Å². The molecular weight excluding hydrogens is 374 g/mol. The number of fused-ring (bicyclic) bond motifs is 1. The number of thiazole rings is 1. The topological polar surface area (TPSA) is 76.4 Å². The van der Waals surface area contributed by atoms with E-state index in [4.69, 9.17) is 14.2 Å². The molecule has 1 N–H and O–H groups in total. The summed E-state index contributed by atoms with van der Waals surface area (Å²) >= 11 is 1.42. The number of hydrogen-bond acceptors (Lipinski definition) is 7. The van der Waals surface area contributed by atoms with Crippen molar-refractivity contribution in [3.8, 4) is 34.6 Å². The summed E-state index contributed by atoms with van der Waals surface area (Å²) in [6.45, 7) is 2.81. The zero-order valence-corrected chi connectivity index (χ0v) is 16.0. The highest BCUT2D eigenvalue weighted by Gasteiger charge is 2.15. The molecule has 0 unspecified atom stereocenters. The highest BCUT2D eigenvalue weighted by atomic mass is 32.1. The largest absolute Gasteiger partial charge is 0.494 e. The Morgan fingerprint density at radius 1 is 1.25 bits per heavy atom. The monoisotopic (exact) mass is 391 g/mol. The number of nitrogens with one attached hydrogen (secondary N) is 1. The normalized spacial score (nSPS) is 12.5. The van der Waals surface area contributed by atoms with Crippen molar-refractivity contribution >= 4 is 22.6 Å². The third-order valence-electron chi connectivity index (χ3n) is 4.07. The molecule has 0 radical (unpaired) electrons. The van der Waals surface area contributed by atoms with Crippen molar-refractivity contribution in [2.75, 3.05) is 18.7 Å². The second-order valence-electron chi connectivity index (χ2n) is 5.88. The number of nitriles is 1. The van der Waals surface area contributed by atoms with Gasteiger partial charge in [0.1, 0.15) is 22.4 Å². The molecular formula is C21H17N3O3S. The molecule has 0 atom stereocenters. The summed E-state index contributed by atoms with van der Waals surface area (Å²) < 4.78 is 16.2. The van der Waals surface area contributed by atoms with Crippen LogP contribution in [0.25, 0.3) is 16.8 Å². The fraction of sp³-hybridized carbons (Fsp3) is 0.143. The van der Waals surface area contributed by atoms with Crippen molar-refractivity contribution < 1.29 is 14.2 Å². The van der Waals surface area contributed by atoms with Gasteiger partial charge in [-0.15, -0.1) is 11.3 Å². The van der Waals surface area contributed by atoms with E-state index in [1.165, 1.54) is 11.3 Å². The second-order valence-corrected chi connectivity index (χ2v) is 6.74. The van der Waals surface area contributed by atoms with Crippen molar-refractivity contribution in [2.45, 2.75) is 6.92 Å². The molecule has 2 heterocycles. The maximum Gasteiger partial charge on any atom is 0.231 e. The molecule has 0 fully saturated rings. The van der Waals surface area contributed by atoms with Crippen molar-refractivity contribution in [2.24, 2.45) is 0 Å². The zero-order chi connectivity index (χ0) is 19.3. The minimum Gasteiger partial charge on any atom is -0.494 e. The van der Waals surface area contributed by atoms with Crippen LogP contribution in [-0.2, 0) is 0 Å². The minimum absolute atomic E-state index is 0.236. The predicted molar refractivity (Wildman–Crippen MR) is 108 cm³/mol. The SMILES string of the molecule is CCOc1ccc(N/C=C(\C#N)c2nc(-c3ccc4c(c3)OCO4)cs2)cc1. The molecule has 28 heavy (non-hydrogen) atoms. The van der Waals surface area contributed by atoms with Gasteiger partial charge in [-0.1, -0.05) is 0 Å². The first-order chi connectivity index (χ1) is 13.8. The molecule has 0 aliphatic carbocycles. The molecule has 1 aliphatic heterocycles. The van der Waals surface area contributed by atoms with E-state index in [9.17, 15) is 5.26 Å². The first kappa shape index (κ1) is 17.9. The number of rotatable bonds is 6. The van der Waals surface area contributed by atoms with E-state index < -0.39 is 0 Å². The number of allylic oxidation sites excluding steroid dienone is 1. The van der Waals surface area contributed by atoms with E-state index in [2.05, 4.69) is 16.4 Å². The summed E-state index contributed by atoms with van der Waals surface area (Å²) in [5.41, 5.74) is 3.04. The first-order valence-corrected chi connectivity index (χ1v) is 9.60. The smallest absolute Gasteiger partial charge is 0.231 e. The van der Waals surface area contributed by atoms with Gasteiger partial charge in [-0.3, -0.25) is 0 Å². The molecule has 1 aromatic heterocycles. The predicted octanol–water partition coefficient (Wildman–Crippen LogP) is 4.91. The van der Waals surface area contributed by atoms with Crippen LogP contribution in [0.4, 0.5) is 5.69 Å². The third-order valence-corrected chi connectivity index (χ3v) is 4.95. The highest BCUT2D eigenvalue weighted by Crippen LogP contribution is 2.36. The Labute approximate surface area is 166 Å². The van der Waals surface area contributed by atoms with Crippen LogP contribution in [0.5, 0.6) is 17.2 Å². The van der Waals surface area contributed by atoms with Crippen molar-refractivity contribution in [1.82, 2.24) is 4.98 Å². The molecule has 140 valence electrons. The van der Waals surface area contributed by atoms with Gasteiger partial charge in [0.25, 0.3) is 0 Å². The van der Waals surface area contributed by atoms with Crippen LogP contribution in [0.3, 0.4) is 0 Å². The molecule has 0 amide bonds. The molecule has 6 nitrogen and oxygen atoms in total. The van der Waals surface area contributed by atoms with Gasteiger partial charge in [-0.25, -0.2) is 4.98 Å². The third kappa shape index (κ3) is 3.77. The average Bonchev–Trinajstić information content (AvgIpc) is 3.39. The van der Waals surface area contributed by atoms with Crippen LogP contribution in [0.1, 0.15) is 11.9 Å². The fourth-order valence-corrected chi connectivity index (χ4v) is 3.49. The summed E-state index contributed by atoms with van der Waals surface area (Å²) in [5, 5.41) is 15.2. The lowest BCUT2D eigenvalue weighted by Crippen LogP contribution is -1.93. The van der Waals surface area contributed by atoms with Crippen LogP contribution < -0.4 is 19.5 Å². The van der Waals surface area contributed by atoms with Gasteiger partial charge < -0.3 is 19.5 Å². The van der Waals surface area contributed by atoms with E-state index in [-0.39, 0.29) is 6.79 Å². The van der Waals surface area contributed by atoms with Gasteiger partial charge in [0.2, 0.25) is 6.79 Å². The van der Waals surface area contributed by atoms with Crippen molar-refractivity contribution in [3.05, 3.63) is 59.1 Å². The number of benzene rings is 2. The number of hydrogen-bond donors (Lipinski definition) is 1. The van der Waals surface area contributed by atoms with Crippen molar-refractivity contribution in [3.63, 3.8) is 0 Å². The number of nitrogens with zero attached hydrogens (tertiary/aromatic N) is 2. The average molecular weight is 391 g/mol. The van der Waals surface area contributed by atoms with E-state index >= 15 is 0 Å².